The van der Waals surface area contributed by atoms with Gasteiger partial charge in [-0.15, -0.1) is 0 Å². The average molecular weight is 343 g/mol. The summed E-state index contributed by atoms with van der Waals surface area (Å²) in [4.78, 5) is 29.9. The predicted octanol–water partition coefficient (Wildman–Crippen LogP) is 2.10. The molecule has 2 rings (SSSR count). The van der Waals surface area contributed by atoms with Gasteiger partial charge in [0.15, 0.2) is 0 Å². The monoisotopic (exact) mass is 343 g/mol. The molecule has 1 aromatic rings. The van der Waals surface area contributed by atoms with E-state index in [9.17, 15) is 9.59 Å². The molecule has 0 saturated carbocycles. The summed E-state index contributed by atoms with van der Waals surface area (Å²) in [5, 5.41) is 0. The minimum absolute atomic E-state index is 0.117. The van der Waals surface area contributed by atoms with Gasteiger partial charge < -0.3 is 9.80 Å². The van der Waals surface area contributed by atoms with Crippen LogP contribution in [-0.2, 0) is 9.59 Å². The van der Waals surface area contributed by atoms with Crippen LogP contribution in [-0.4, -0.2) is 73.3 Å². The molecular weight excluding hydrogens is 314 g/mol. The highest BCUT2D eigenvalue weighted by atomic mass is 16.2. The molecule has 1 aliphatic rings. The second-order valence-corrected chi connectivity index (χ2v) is 6.65. The van der Waals surface area contributed by atoms with Gasteiger partial charge in [0, 0.05) is 46.7 Å². The molecule has 0 bridgehead atoms. The quantitative estimate of drug-likeness (QED) is 0.794. The fraction of sp³-hybridized carbons (Fsp3) is 0.500. The van der Waals surface area contributed by atoms with E-state index in [-0.39, 0.29) is 11.8 Å². The van der Waals surface area contributed by atoms with E-state index in [0.29, 0.717) is 19.5 Å². The van der Waals surface area contributed by atoms with Crippen molar-refractivity contribution < 1.29 is 9.59 Å². The largest absolute Gasteiger partial charge is 0.348 e. The highest BCUT2D eigenvalue weighted by Gasteiger charge is 2.20. The van der Waals surface area contributed by atoms with Crippen LogP contribution in [0, 0.1) is 0 Å². The van der Waals surface area contributed by atoms with Crippen LogP contribution >= 0.6 is 0 Å². The number of amides is 2. The molecule has 5 heteroatoms. The normalized spacial score (nSPS) is 16.0. The molecule has 0 aromatic heterocycles. The van der Waals surface area contributed by atoms with Crippen LogP contribution in [0.5, 0.6) is 0 Å². The fourth-order valence-electron chi connectivity index (χ4n) is 2.86. The van der Waals surface area contributed by atoms with Gasteiger partial charge in [-0.1, -0.05) is 42.5 Å². The van der Waals surface area contributed by atoms with Crippen LogP contribution < -0.4 is 0 Å². The summed E-state index contributed by atoms with van der Waals surface area (Å²) < 4.78 is 0. The summed E-state index contributed by atoms with van der Waals surface area (Å²) in [6.07, 6.45) is 6.34. The zero-order valence-corrected chi connectivity index (χ0v) is 15.4. The summed E-state index contributed by atoms with van der Waals surface area (Å²) in [5.41, 5.74) is 1.16. The molecule has 0 N–H and O–H groups in total. The van der Waals surface area contributed by atoms with Crippen molar-refractivity contribution >= 4 is 17.9 Å². The number of carbonyl (C=O) groups is 2. The van der Waals surface area contributed by atoms with Crippen molar-refractivity contribution in [2.45, 2.75) is 19.3 Å². The van der Waals surface area contributed by atoms with Crippen LogP contribution in [0.3, 0.4) is 0 Å². The molecule has 0 aliphatic carbocycles. The Labute approximate surface area is 150 Å². The Bertz CT molecular complexity index is 584. The second-order valence-electron chi connectivity index (χ2n) is 6.65. The zero-order chi connectivity index (χ0) is 18.1. The number of benzene rings is 1. The van der Waals surface area contributed by atoms with E-state index in [2.05, 4.69) is 29.2 Å². The maximum absolute atomic E-state index is 12.4. The van der Waals surface area contributed by atoms with Gasteiger partial charge in [-0.2, -0.15) is 0 Å². The van der Waals surface area contributed by atoms with Crippen molar-refractivity contribution in [3.05, 3.63) is 42.0 Å². The summed E-state index contributed by atoms with van der Waals surface area (Å²) in [6.45, 7) is 3.58. The molecule has 1 saturated heterocycles. The van der Waals surface area contributed by atoms with Crippen LogP contribution in [0.1, 0.15) is 24.8 Å². The molecule has 0 spiro atoms. The van der Waals surface area contributed by atoms with Crippen LogP contribution in [0.25, 0.3) is 6.08 Å². The third-order valence-electron chi connectivity index (χ3n) is 4.43. The predicted molar refractivity (Wildman–Crippen MR) is 101 cm³/mol. The molecule has 25 heavy (non-hydrogen) atoms. The van der Waals surface area contributed by atoms with E-state index in [1.165, 1.54) is 0 Å². The zero-order valence-electron chi connectivity index (χ0n) is 15.4. The smallest absolute Gasteiger partial charge is 0.236 e. The molecule has 1 heterocycles. The van der Waals surface area contributed by atoms with Crippen LogP contribution in [0.2, 0.25) is 0 Å². The van der Waals surface area contributed by atoms with E-state index >= 15 is 0 Å². The SMILES string of the molecule is CN(C)C(=O)CN1CCCN(C(=O)CC/C=C\c2ccccc2)CC1. The topological polar surface area (TPSA) is 43.9 Å². The number of rotatable bonds is 6. The highest BCUT2D eigenvalue weighted by molar-refractivity contribution is 5.78. The van der Waals surface area contributed by atoms with Crippen LogP contribution in [0.15, 0.2) is 36.4 Å². The first-order valence-corrected chi connectivity index (χ1v) is 8.98. The van der Waals surface area contributed by atoms with Gasteiger partial charge in [-0.3, -0.25) is 14.5 Å². The molecule has 1 aliphatic heterocycles. The maximum Gasteiger partial charge on any atom is 0.236 e. The van der Waals surface area contributed by atoms with E-state index in [0.717, 1.165) is 38.0 Å². The lowest BCUT2D eigenvalue weighted by Gasteiger charge is -2.22. The van der Waals surface area contributed by atoms with Gasteiger partial charge in [0.1, 0.15) is 0 Å². The molecule has 2 amide bonds. The highest BCUT2D eigenvalue weighted by Crippen LogP contribution is 2.08. The minimum Gasteiger partial charge on any atom is -0.348 e. The van der Waals surface area contributed by atoms with Crippen molar-refractivity contribution in [1.82, 2.24) is 14.7 Å². The minimum atomic E-state index is 0.117. The molecular formula is C20H29N3O2. The molecule has 0 atom stereocenters. The maximum atomic E-state index is 12.4. The molecule has 0 radical (unpaired) electrons. The van der Waals surface area contributed by atoms with E-state index in [1.807, 2.05) is 23.1 Å². The van der Waals surface area contributed by atoms with Gasteiger partial charge in [0.25, 0.3) is 0 Å². The Morgan fingerprint density at radius 1 is 1.08 bits per heavy atom. The third kappa shape index (κ3) is 6.70. The van der Waals surface area contributed by atoms with Crippen molar-refractivity contribution in [1.29, 1.82) is 0 Å². The Hall–Kier alpha value is -2.14. The summed E-state index contributed by atoms with van der Waals surface area (Å²) in [5.74, 6) is 0.323. The van der Waals surface area contributed by atoms with Gasteiger partial charge in [-0.05, 0) is 18.4 Å². The number of allylic oxidation sites excluding steroid dienone is 1. The number of hydrogen-bond donors (Lipinski definition) is 0. The number of carbonyl (C=O) groups excluding carboxylic acids is 2. The van der Waals surface area contributed by atoms with Gasteiger partial charge in [0.2, 0.25) is 11.8 Å². The Morgan fingerprint density at radius 2 is 1.84 bits per heavy atom. The average Bonchev–Trinajstić information content (AvgIpc) is 2.85. The third-order valence-corrected chi connectivity index (χ3v) is 4.43. The molecule has 1 aromatic carbocycles. The Morgan fingerprint density at radius 3 is 2.56 bits per heavy atom. The summed E-state index contributed by atoms with van der Waals surface area (Å²) >= 11 is 0. The van der Waals surface area contributed by atoms with Crippen LogP contribution in [0.4, 0.5) is 0 Å². The first-order chi connectivity index (χ1) is 12.1. The standard InChI is InChI=1S/C20H29N3O2/c1-21(2)20(25)17-22-13-8-14-23(16-15-22)19(24)12-7-6-11-18-9-4-3-5-10-18/h3-6,9-11H,7-8,12-17H2,1-2H3/b11-6-. The van der Waals surface area contributed by atoms with Crippen molar-refractivity contribution in [3.63, 3.8) is 0 Å². The number of likely N-dealkylation sites (N-methyl/N-ethyl adjacent to an activating group) is 1. The van der Waals surface area contributed by atoms with Crippen molar-refractivity contribution in [2.75, 3.05) is 46.8 Å². The Kier molecular flexibility index (Phi) is 7.67. The van der Waals surface area contributed by atoms with Crippen molar-refractivity contribution in [3.8, 4) is 0 Å². The number of hydrogen-bond acceptors (Lipinski definition) is 3. The molecule has 1 fully saturated rings. The number of nitrogens with zero attached hydrogens (tertiary/aromatic N) is 3. The van der Waals surface area contributed by atoms with E-state index in [1.54, 1.807) is 19.0 Å². The summed E-state index contributed by atoms with van der Waals surface area (Å²) in [7, 11) is 3.55. The lowest BCUT2D eigenvalue weighted by Crippen LogP contribution is -2.39. The lowest BCUT2D eigenvalue weighted by molar-refractivity contribution is -0.131. The van der Waals surface area contributed by atoms with E-state index in [4.69, 9.17) is 0 Å². The Balaban J connectivity index is 1.73. The van der Waals surface area contributed by atoms with Gasteiger partial charge in [-0.25, -0.2) is 0 Å². The van der Waals surface area contributed by atoms with Crippen molar-refractivity contribution in [2.24, 2.45) is 0 Å². The molecule has 0 unspecified atom stereocenters. The first kappa shape index (κ1) is 19.2. The lowest BCUT2D eigenvalue weighted by atomic mass is 10.2. The second kappa shape index (κ2) is 9.99. The van der Waals surface area contributed by atoms with Gasteiger partial charge in [0.05, 0.1) is 6.54 Å². The summed E-state index contributed by atoms with van der Waals surface area (Å²) in [6, 6.07) is 10.1. The first-order valence-electron chi connectivity index (χ1n) is 8.98. The fourth-order valence-corrected chi connectivity index (χ4v) is 2.86. The van der Waals surface area contributed by atoms with E-state index < -0.39 is 0 Å². The molecule has 5 nitrogen and oxygen atoms in total. The molecule has 136 valence electrons. The van der Waals surface area contributed by atoms with Gasteiger partial charge >= 0.3 is 0 Å².